The van der Waals surface area contributed by atoms with Gasteiger partial charge in [-0.15, -0.1) is 0 Å². The van der Waals surface area contributed by atoms with Gasteiger partial charge in [-0.05, 0) is 29.8 Å². The van der Waals surface area contributed by atoms with Gasteiger partial charge < -0.3 is 23.7 Å². The molecule has 0 aliphatic carbocycles. The smallest absolute Gasteiger partial charge is 0.303 e. The number of benzene rings is 2. The van der Waals surface area contributed by atoms with E-state index >= 15 is 0 Å². The van der Waals surface area contributed by atoms with E-state index in [2.05, 4.69) is 0 Å². The first-order valence-corrected chi connectivity index (χ1v) is 9.57. The lowest BCUT2D eigenvalue weighted by Gasteiger charge is -2.43. The van der Waals surface area contributed by atoms with E-state index in [1.54, 1.807) is 13.0 Å². The van der Waals surface area contributed by atoms with Crippen LogP contribution in [0.25, 0.3) is 10.8 Å². The molecule has 0 saturated carbocycles. The summed E-state index contributed by atoms with van der Waals surface area (Å²) in [5.74, 6) is -1.34. The Labute approximate surface area is 174 Å². The van der Waals surface area contributed by atoms with Crippen LogP contribution in [-0.2, 0) is 33.3 Å². The highest BCUT2D eigenvalue weighted by Gasteiger charge is 2.51. The predicted octanol–water partition coefficient (Wildman–Crippen LogP) is 2.76. The molecule has 0 radical (unpaired) electrons. The van der Waals surface area contributed by atoms with Gasteiger partial charge in [0.15, 0.2) is 12.2 Å². The van der Waals surface area contributed by atoms with Crippen LogP contribution in [0.15, 0.2) is 42.5 Å². The molecule has 2 aromatic carbocycles. The van der Waals surface area contributed by atoms with Crippen LogP contribution < -0.4 is 4.74 Å². The molecule has 0 N–H and O–H groups in total. The van der Waals surface area contributed by atoms with Crippen LogP contribution in [0.4, 0.5) is 0 Å². The summed E-state index contributed by atoms with van der Waals surface area (Å²) >= 11 is 0. The number of hydrogen-bond acceptors (Lipinski definition) is 8. The molecule has 1 heterocycles. The van der Waals surface area contributed by atoms with Gasteiger partial charge in [-0.25, -0.2) is 0 Å². The Bertz CT molecular complexity index is 940. The summed E-state index contributed by atoms with van der Waals surface area (Å²) in [5, 5.41) is 1.99. The zero-order valence-corrected chi connectivity index (χ0v) is 17.2. The molecule has 8 heteroatoms. The van der Waals surface area contributed by atoms with E-state index in [4.69, 9.17) is 23.7 Å². The Morgan fingerprint density at radius 2 is 1.33 bits per heavy atom. The van der Waals surface area contributed by atoms with E-state index in [0.29, 0.717) is 5.75 Å². The second-order valence-corrected chi connectivity index (χ2v) is 7.06. The summed E-state index contributed by atoms with van der Waals surface area (Å²) < 4.78 is 27.9. The fourth-order valence-electron chi connectivity index (χ4n) is 3.44. The van der Waals surface area contributed by atoms with Crippen molar-refractivity contribution in [2.45, 2.75) is 58.4 Å². The molecule has 5 atom stereocenters. The van der Waals surface area contributed by atoms with Crippen molar-refractivity contribution in [3.8, 4) is 5.75 Å². The minimum atomic E-state index is -1.14. The van der Waals surface area contributed by atoms with E-state index in [-0.39, 0.29) is 0 Å². The van der Waals surface area contributed by atoms with Gasteiger partial charge >= 0.3 is 17.9 Å². The van der Waals surface area contributed by atoms with E-state index in [0.717, 1.165) is 10.8 Å². The summed E-state index contributed by atoms with van der Waals surface area (Å²) in [4.78, 5) is 35.0. The number of ether oxygens (including phenoxy) is 5. The summed E-state index contributed by atoms with van der Waals surface area (Å²) in [6.07, 6.45) is -4.97. The average Bonchev–Trinajstić information content (AvgIpc) is 2.66. The first kappa shape index (κ1) is 21.6. The van der Waals surface area contributed by atoms with Gasteiger partial charge in [-0.1, -0.05) is 30.3 Å². The topological polar surface area (TPSA) is 97.4 Å². The maximum absolute atomic E-state index is 11.7. The van der Waals surface area contributed by atoms with Crippen molar-refractivity contribution < 1.29 is 38.1 Å². The molecule has 160 valence electrons. The molecular weight excluding hydrogens is 392 g/mol. The second-order valence-electron chi connectivity index (χ2n) is 7.06. The minimum Gasteiger partial charge on any atom is -0.461 e. The molecule has 30 heavy (non-hydrogen) atoms. The lowest BCUT2D eigenvalue weighted by atomic mass is 9.98. The minimum absolute atomic E-state index is 0.482. The quantitative estimate of drug-likeness (QED) is 0.542. The Kier molecular flexibility index (Phi) is 6.56. The number of rotatable bonds is 5. The molecule has 1 fully saturated rings. The van der Waals surface area contributed by atoms with Crippen molar-refractivity contribution in [2.24, 2.45) is 0 Å². The maximum atomic E-state index is 11.7. The second kappa shape index (κ2) is 9.13. The van der Waals surface area contributed by atoms with Crippen LogP contribution >= 0.6 is 0 Å². The van der Waals surface area contributed by atoms with Crippen molar-refractivity contribution in [3.05, 3.63) is 42.5 Å². The van der Waals surface area contributed by atoms with Crippen LogP contribution in [0.3, 0.4) is 0 Å². The largest absolute Gasteiger partial charge is 0.461 e. The Morgan fingerprint density at radius 1 is 0.767 bits per heavy atom. The molecule has 0 bridgehead atoms. The third-order valence-corrected chi connectivity index (χ3v) is 4.61. The Morgan fingerprint density at radius 3 is 1.97 bits per heavy atom. The molecule has 3 rings (SSSR count). The predicted molar refractivity (Wildman–Crippen MR) is 106 cm³/mol. The van der Waals surface area contributed by atoms with Gasteiger partial charge in [0.05, 0.1) is 6.10 Å². The van der Waals surface area contributed by atoms with Gasteiger partial charge in [-0.3, -0.25) is 14.4 Å². The van der Waals surface area contributed by atoms with Crippen LogP contribution in [0.5, 0.6) is 5.75 Å². The van der Waals surface area contributed by atoms with Gasteiger partial charge in [0.2, 0.25) is 12.4 Å². The van der Waals surface area contributed by atoms with Crippen molar-refractivity contribution >= 4 is 28.7 Å². The third kappa shape index (κ3) is 5.07. The molecule has 1 aliphatic rings. The monoisotopic (exact) mass is 416 g/mol. The number of carbonyl (C=O) groups is 3. The van der Waals surface area contributed by atoms with Crippen molar-refractivity contribution in [1.29, 1.82) is 0 Å². The van der Waals surface area contributed by atoms with Crippen LogP contribution in [0.2, 0.25) is 0 Å². The van der Waals surface area contributed by atoms with E-state index in [9.17, 15) is 14.4 Å². The Hall–Kier alpha value is -3.13. The molecule has 1 aliphatic heterocycles. The standard InChI is InChI=1S/C22H24O8/c1-12-19(27-13(2)23)20(28-14(3)24)21(29-15(4)25)22(26-12)30-18-10-9-16-7-5-6-8-17(16)11-18/h5-12,19-22H,1-4H3/t12-,19-,20+,21+,22-/m0/s1. The number of carbonyl (C=O) groups excluding carboxylic acids is 3. The Balaban J connectivity index is 1.92. The molecule has 8 nitrogen and oxygen atoms in total. The number of hydrogen-bond donors (Lipinski definition) is 0. The summed E-state index contributed by atoms with van der Waals surface area (Å²) in [7, 11) is 0. The van der Waals surface area contributed by atoms with Gasteiger partial charge in [0.25, 0.3) is 0 Å². The van der Waals surface area contributed by atoms with E-state index in [1.807, 2.05) is 36.4 Å². The molecular formula is C22H24O8. The first-order chi connectivity index (χ1) is 14.2. The van der Waals surface area contributed by atoms with Crippen LogP contribution in [0, 0.1) is 0 Å². The first-order valence-electron chi connectivity index (χ1n) is 9.57. The van der Waals surface area contributed by atoms with Gasteiger partial charge in [-0.2, -0.15) is 0 Å². The van der Waals surface area contributed by atoms with E-state index in [1.165, 1.54) is 20.8 Å². The van der Waals surface area contributed by atoms with Crippen LogP contribution in [0.1, 0.15) is 27.7 Å². The lowest BCUT2D eigenvalue weighted by molar-refractivity contribution is -0.280. The highest BCUT2D eigenvalue weighted by atomic mass is 16.7. The molecule has 0 unspecified atom stereocenters. The SMILES string of the molecule is CC(=O)O[C@@H]1[C@@H](OC(C)=O)[C@H](C)O[C@@H](Oc2ccc3ccccc3c2)[C@@H]1OC(C)=O. The van der Waals surface area contributed by atoms with Crippen molar-refractivity contribution in [2.75, 3.05) is 0 Å². The summed E-state index contributed by atoms with van der Waals surface area (Å²) in [6, 6.07) is 13.2. The van der Waals surface area contributed by atoms with E-state index < -0.39 is 48.6 Å². The van der Waals surface area contributed by atoms with Crippen LogP contribution in [-0.4, -0.2) is 48.6 Å². The van der Waals surface area contributed by atoms with Crippen molar-refractivity contribution in [1.82, 2.24) is 0 Å². The average molecular weight is 416 g/mol. The maximum Gasteiger partial charge on any atom is 0.303 e. The highest BCUT2D eigenvalue weighted by molar-refractivity contribution is 5.83. The molecule has 1 saturated heterocycles. The lowest BCUT2D eigenvalue weighted by Crippen LogP contribution is -2.62. The fraction of sp³-hybridized carbons (Fsp3) is 0.409. The molecule has 2 aromatic rings. The third-order valence-electron chi connectivity index (χ3n) is 4.61. The van der Waals surface area contributed by atoms with Crippen molar-refractivity contribution in [3.63, 3.8) is 0 Å². The summed E-state index contributed by atoms with van der Waals surface area (Å²) in [5.41, 5.74) is 0. The zero-order chi connectivity index (χ0) is 21.8. The zero-order valence-electron chi connectivity index (χ0n) is 17.2. The number of fused-ring (bicyclic) bond motifs is 1. The highest BCUT2D eigenvalue weighted by Crippen LogP contribution is 2.31. The summed E-state index contributed by atoms with van der Waals surface area (Å²) in [6.45, 7) is 5.33. The molecule has 0 amide bonds. The molecule has 0 aromatic heterocycles. The normalized spacial score (nSPS) is 25.9. The molecule has 0 spiro atoms. The van der Waals surface area contributed by atoms with Gasteiger partial charge in [0, 0.05) is 20.8 Å². The van der Waals surface area contributed by atoms with Gasteiger partial charge in [0.1, 0.15) is 5.75 Å². The fourth-order valence-corrected chi connectivity index (χ4v) is 3.44. The number of esters is 3.